The van der Waals surface area contributed by atoms with Gasteiger partial charge in [0.2, 0.25) is 0 Å². The molecule has 0 amide bonds. The number of ether oxygens (including phenoxy) is 1. The maximum Gasteiger partial charge on any atom is 0.146 e. The molecule has 0 saturated carbocycles. The summed E-state index contributed by atoms with van der Waals surface area (Å²) >= 11 is 3.21. The largest absolute Gasteiger partial charge is 0.506 e. The molecule has 5 heteroatoms. The van der Waals surface area contributed by atoms with Gasteiger partial charge in [0, 0.05) is 4.47 Å². The van der Waals surface area contributed by atoms with E-state index in [1.807, 2.05) is 0 Å². The minimum Gasteiger partial charge on any atom is -0.506 e. The standard InChI is InChI=1S/C13H11BrFNO2/c14-9-4-8(5-10(15)6-9)7-18-12-3-1-2-11(17)13(12)16/h1-6,17H,7,16H2. The highest BCUT2D eigenvalue weighted by atomic mass is 79.9. The third kappa shape index (κ3) is 2.92. The molecule has 0 radical (unpaired) electrons. The van der Waals surface area contributed by atoms with Gasteiger partial charge in [-0.05, 0) is 35.9 Å². The van der Waals surface area contributed by atoms with Gasteiger partial charge in [-0.25, -0.2) is 4.39 Å². The van der Waals surface area contributed by atoms with Crippen LogP contribution < -0.4 is 10.5 Å². The average Bonchev–Trinajstić information content (AvgIpc) is 2.30. The fourth-order valence-electron chi connectivity index (χ4n) is 1.51. The number of anilines is 1. The molecule has 3 N–H and O–H groups in total. The van der Waals surface area contributed by atoms with Crippen LogP contribution in [-0.4, -0.2) is 5.11 Å². The van der Waals surface area contributed by atoms with Gasteiger partial charge in [-0.15, -0.1) is 0 Å². The molecule has 0 spiro atoms. The van der Waals surface area contributed by atoms with Crippen molar-refractivity contribution >= 4 is 21.6 Å². The Hall–Kier alpha value is -1.75. The summed E-state index contributed by atoms with van der Waals surface area (Å²) in [5.41, 5.74) is 6.49. The number of rotatable bonds is 3. The Labute approximate surface area is 112 Å². The smallest absolute Gasteiger partial charge is 0.146 e. The molecule has 0 aliphatic rings. The predicted molar refractivity (Wildman–Crippen MR) is 71.0 cm³/mol. The fourth-order valence-corrected chi connectivity index (χ4v) is 2.03. The zero-order valence-corrected chi connectivity index (χ0v) is 10.9. The van der Waals surface area contributed by atoms with Crippen LogP contribution in [0.1, 0.15) is 5.56 Å². The van der Waals surface area contributed by atoms with Crippen LogP contribution in [0.4, 0.5) is 10.1 Å². The number of nitrogen functional groups attached to an aromatic ring is 1. The number of hydrogen-bond donors (Lipinski definition) is 2. The molecule has 94 valence electrons. The van der Waals surface area contributed by atoms with Crippen molar-refractivity contribution in [3.63, 3.8) is 0 Å². The maximum absolute atomic E-state index is 13.1. The fraction of sp³-hybridized carbons (Fsp3) is 0.0769. The van der Waals surface area contributed by atoms with E-state index in [0.29, 0.717) is 15.8 Å². The quantitative estimate of drug-likeness (QED) is 0.674. The first-order chi connectivity index (χ1) is 8.56. The SMILES string of the molecule is Nc1c(O)cccc1OCc1cc(F)cc(Br)c1. The van der Waals surface area contributed by atoms with E-state index >= 15 is 0 Å². The molecule has 18 heavy (non-hydrogen) atoms. The molecule has 0 bridgehead atoms. The van der Waals surface area contributed by atoms with Crippen LogP contribution >= 0.6 is 15.9 Å². The summed E-state index contributed by atoms with van der Waals surface area (Å²) in [7, 11) is 0. The van der Waals surface area contributed by atoms with Crippen LogP contribution in [0, 0.1) is 5.82 Å². The number of nitrogens with two attached hydrogens (primary N) is 1. The minimum atomic E-state index is -0.341. The first-order valence-electron chi connectivity index (χ1n) is 5.21. The Kier molecular flexibility index (Phi) is 3.72. The highest BCUT2D eigenvalue weighted by Gasteiger charge is 2.06. The van der Waals surface area contributed by atoms with E-state index in [1.165, 1.54) is 18.2 Å². The van der Waals surface area contributed by atoms with Crippen molar-refractivity contribution in [3.8, 4) is 11.5 Å². The second-order valence-corrected chi connectivity index (χ2v) is 4.67. The molecule has 0 saturated heterocycles. The number of benzene rings is 2. The molecule has 0 unspecified atom stereocenters. The monoisotopic (exact) mass is 311 g/mol. The van der Waals surface area contributed by atoms with E-state index in [1.54, 1.807) is 18.2 Å². The van der Waals surface area contributed by atoms with Gasteiger partial charge >= 0.3 is 0 Å². The molecule has 2 aromatic carbocycles. The zero-order valence-electron chi connectivity index (χ0n) is 9.36. The van der Waals surface area contributed by atoms with Crippen molar-refractivity contribution in [3.05, 3.63) is 52.3 Å². The Balaban J connectivity index is 2.14. The summed E-state index contributed by atoms with van der Waals surface area (Å²) in [6, 6.07) is 9.24. The van der Waals surface area contributed by atoms with Crippen molar-refractivity contribution in [2.45, 2.75) is 6.61 Å². The maximum atomic E-state index is 13.1. The van der Waals surface area contributed by atoms with Gasteiger partial charge in [-0.1, -0.05) is 22.0 Å². The van der Waals surface area contributed by atoms with Gasteiger partial charge in [0.25, 0.3) is 0 Å². The van der Waals surface area contributed by atoms with E-state index in [0.717, 1.165) is 0 Å². The average molecular weight is 312 g/mol. The second-order valence-electron chi connectivity index (χ2n) is 3.76. The molecule has 0 aliphatic carbocycles. The van der Waals surface area contributed by atoms with Crippen LogP contribution in [0.5, 0.6) is 11.5 Å². The first kappa shape index (κ1) is 12.7. The van der Waals surface area contributed by atoms with Gasteiger partial charge in [-0.2, -0.15) is 0 Å². The lowest BCUT2D eigenvalue weighted by Crippen LogP contribution is -1.99. The van der Waals surface area contributed by atoms with E-state index in [9.17, 15) is 9.50 Å². The Morgan fingerprint density at radius 1 is 1.28 bits per heavy atom. The predicted octanol–water partition coefficient (Wildman–Crippen LogP) is 3.46. The van der Waals surface area contributed by atoms with Gasteiger partial charge in [0.05, 0.1) is 0 Å². The summed E-state index contributed by atoms with van der Waals surface area (Å²) in [5, 5.41) is 9.41. The summed E-state index contributed by atoms with van der Waals surface area (Å²) < 4.78 is 19.2. The van der Waals surface area contributed by atoms with Crippen LogP contribution in [0.25, 0.3) is 0 Å². The lowest BCUT2D eigenvalue weighted by Gasteiger charge is -2.10. The lowest BCUT2D eigenvalue weighted by molar-refractivity contribution is 0.305. The first-order valence-corrected chi connectivity index (χ1v) is 6.01. The van der Waals surface area contributed by atoms with Crippen LogP contribution in [0.3, 0.4) is 0 Å². The van der Waals surface area contributed by atoms with Crippen molar-refractivity contribution in [1.29, 1.82) is 0 Å². The Bertz CT molecular complexity index is 555. The second kappa shape index (κ2) is 5.27. The lowest BCUT2D eigenvalue weighted by atomic mass is 10.2. The summed E-state index contributed by atoms with van der Waals surface area (Å²) in [6.45, 7) is 0.171. The highest BCUT2D eigenvalue weighted by molar-refractivity contribution is 9.10. The van der Waals surface area contributed by atoms with Crippen LogP contribution in [-0.2, 0) is 6.61 Å². The Morgan fingerprint density at radius 3 is 2.78 bits per heavy atom. The number of halogens is 2. The van der Waals surface area contributed by atoms with E-state index in [2.05, 4.69) is 15.9 Å². The van der Waals surface area contributed by atoms with Crippen molar-refractivity contribution < 1.29 is 14.2 Å². The Morgan fingerprint density at radius 2 is 2.06 bits per heavy atom. The number of aromatic hydroxyl groups is 1. The van der Waals surface area contributed by atoms with Gasteiger partial charge < -0.3 is 15.6 Å². The molecular weight excluding hydrogens is 301 g/mol. The van der Waals surface area contributed by atoms with Crippen LogP contribution in [0.15, 0.2) is 40.9 Å². The van der Waals surface area contributed by atoms with E-state index in [-0.39, 0.29) is 23.9 Å². The highest BCUT2D eigenvalue weighted by Crippen LogP contribution is 2.30. The third-order valence-corrected chi connectivity index (χ3v) is 2.82. The van der Waals surface area contributed by atoms with Crippen molar-refractivity contribution in [2.24, 2.45) is 0 Å². The topological polar surface area (TPSA) is 55.5 Å². The summed E-state index contributed by atoms with van der Waals surface area (Å²) in [5.74, 6) is -0.00448. The molecule has 0 heterocycles. The number of phenols is 1. The molecule has 2 aromatic rings. The molecular formula is C13H11BrFNO2. The zero-order chi connectivity index (χ0) is 13.1. The van der Waals surface area contributed by atoms with Crippen molar-refractivity contribution in [2.75, 3.05) is 5.73 Å². The minimum absolute atomic E-state index is 0.0343. The summed E-state index contributed by atoms with van der Waals surface area (Å²) in [4.78, 5) is 0. The normalized spacial score (nSPS) is 10.3. The molecule has 2 rings (SSSR count). The molecule has 0 aromatic heterocycles. The third-order valence-electron chi connectivity index (χ3n) is 2.36. The van der Waals surface area contributed by atoms with Crippen LogP contribution in [0.2, 0.25) is 0 Å². The van der Waals surface area contributed by atoms with Gasteiger partial charge in [0.15, 0.2) is 0 Å². The van der Waals surface area contributed by atoms with Gasteiger partial charge in [-0.3, -0.25) is 0 Å². The van der Waals surface area contributed by atoms with E-state index in [4.69, 9.17) is 10.5 Å². The number of para-hydroxylation sites is 1. The summed E-state index contributed by atoms with van der Waals surface area (Å²) in [6.07, 6.45) is 0. The molecule has 3 nitrogen and oxygen atoms in total. The van der Waals surface area contributed by atoms with Crippen molar-refractivity contribution in [1.82, 2.24) is 0 Å². The molecule has 0 fully saturated rings. The number of phenolic OH excluding ortho intramolecular Hbond substituents is 1. The molecule has 0 aliphatic heterocycles. The van der Waals surface area contributed by atoms with Gasteiger partial charge in [0.1, 0.15) is 29.6 Å². The number of hydrogen-bond acceptors (Lipinski definition) is 3. The van der Waals surface area contributed by atoms with E-state index < -0.39 is 0 Å². The molecule has 0 atom stereocenters.